The summed E-state index contributed by atoms with van der Waals surface area (Å²) in [4.78, 5) is 17.1. The number of Topliss-reactive ketones (excluding diaryl/α,β-unsaturated/α-hetero) is 1. The molecule has 0 unspecified atom stereocenters. The Kier molecular flexibility index (Phi) is 3.86. The number of ether oxygens (including phenoxy) is 1. The topological polar surface area (TPSA) is 51.2 Å². The molecule has 0 spiro atoms. The highest BCUT2D eigenvalue weighted by Crippen LogP contribution is 2.38. The monoisotopic (exact) mass is 314 g/mol. The third-order valence-electron chi connectivity index (χ3n) is 3.53. The Morgan fingerprint density at radius 2 is 2.05 bits per heavy atom. The number of rotatable bonds is 3. The maximum Gasteiger partial charge on any atom is 0.215 e. The molecule has 1 atom stereocenters. The molecule has 1 aromatic heterocycles. The summed E-state index contributed by atoms with van der Waals surface area (Å²) in [6, 6.07) is 10.9. The first kappa shape index (κ1) is 14.6. The predicted octanol–water partition coefficient (Wildman–Crippen LogP) is 3.27. The summed E-state index contributed by atoms with van der Waals surface area (Å²) in [6.45, 7) is 1.95. The quantitative estimate of drug-likeness (QED) is 0.944. The summed E-state index contributed by atoms with van der Waals surface area (Å²) in [5, 5.41) is 3.44. The zero-order chi connectivity index (χ0) is 15.7. The number of pyridine rings is 1. The Bertz CT molecular complexity index is 771. The van der Waals surface area contributed by atoms with Crippen molar-refractivity contribution < 1.29 is 9.53 Å². The summed E-state index contributed by atoms with van der Waals surface area (Å²) < 4.78 is 5.79. The Hall–Kier alpha value is -2.33. The Balaban J connectivity index is 2.04. The highest BCUT2D eigenvalue weighted by molar-refractivity contribution is 6.32. The third kappa shape index (κ3) is 2.46. The van der Waals surface area contributed by atoms with Crippen LogP contribution in [0.15, 0.2) is 48.5 Å². The number of nitrogens with zero attached hydrogens (tertiary/aromatic N) is 1. The van der Waals surface area contributed by atoms with Crippen LogP contribution in [0, 0.1) is 6.92 Å². The summed E-state index contributed by atoms with van der Waals surface area (Å²) in [5.74, 6) is 0.281. The second kappa shape index (κ2) is 5.81. The molecule has 0 fully saturated rings. The number of ketones is 1. The summed E-state index contributed by atoms with van der Waals surface area (Å²) in [6.07, 6.45) is 0.939. The van der Waals surface area contributed by atoms with Gasteiger partial charge in [-0.05, 0) is 30.7 Å². The fourth-order valence-electron chi connectivity index (χ4n) is 2.47. The first-order valence-corrected chi connectivity index (χ1v) is 7.30. The van der Waals surface area contributed by atoms with E-state index in [1.165, 1.54) is 0 Å². The molecule has 0 saturated heterocycles. The predicted molar refractivity (Wildman–Crippen MR) is 85.2 cm³/mol. The van der Waals surface area contributed by atoms with Gasteiger partial charge in [-0.1, -0.05) is 29.8 Å². The van der Waals surface area contributed by atoms with Crippen molar-refractivity contribution in [2.45, 2.75) is 13.0 Å². The highest BCUT2D eigenvalue weighted by atomic mass is 35.5. The minimum Gasteiger partial charge on any atom is -0.462 e. The number of nitrogens with one attached hydrogen (secondary N) is 1. The number of hydrogen-bond donors (Lipinski definition) is 1. The molecule has 0 saturated carbocycles. The van der Waals surface area contributed by atoms with Gasteiger partial charge in [-0.2, -0.15) is 0 Å². The lowest BCUT2D eigenvalue weighted by Gasteiger charge is -2.12. The van der Waals surface area contributed by atoms with Crippen molar-refractivity contribution in [1.29, 1.82) is 0 Å². The summed E-state index contributed by atoms with van der Waals surface area (Å²) in [5.41, 5.74) is 2.74. The molecule has 2 heterocycles. The second-order valence-electron chi connectivity index (χ2n) is 5.06. The molecule has 2 aromatic rings. The molecule has 4 nitrogen and oxygen atoms in total. The van der Waals surface area contributed by atoms with Crippen LogP contribution in [0.4, 0.5) is 0 Å². The van der Waals surface area contributed by atoms with Gasteiger partial charge in [-0.3, -0.25) is 9.78 Å². The van der Waals surface area contributed by atoms with E-state index in [0.717, 1.165) is 5.56 Å². The van der Waals surface area contributed by atoms with Crippen molar-refractivity contribution in [3.05, 3.63) is 70.3 Å². The van der Waals surface area contributed by atoms with Crippen molar-refractivity contribution in [3.8, 4) is 0 Å². The molecular weight excluding hydrogens is 300 g/mol. The van der Waals surface area contributed by atoms with Crippen molar-refractivity contribution in [2.24, 2.45) is 0 Å². The van der Waals surface area contributed by atoms with E-state index in [-0.39, 0.29) is 5.78 Å². The molecule has 1 aliphatic rings. The largest absolute Gasteiger partial charge is 0.462 e. The van der Waals surface area contributed by atoms with Gasteiger partial charge in [0.25, 0.3) is 0 Å². The van der Waals surface area contributed by atoms with Crippen LogP contribution < -0.4 is 5.32 Å². The molecule has 0 amide bonds. The van der Waals surface area contributed by atoms with Crippen LogP contribution in [-0.2, 0) is 9.53 Å². The maximum atomic E-state index is 12.8. The fourth-order valence-corrected chi connectivity index (χ4v) is 2.70. The number of carbonyl (C=O) groups excluding carboxylic acids is 1. The van der Waals surface area contributed by atoms with E-state index in [1.807, 2.05) is 31.2 Å². The van der Waals surface area contributed by atoms with Crippen LogP contribution in [0.3, 0.4) is 0 Å². The van der Waals surface area contributed by atoms with E-state index in [9.17, 15) is 4.79 Å². The number of halogens is 1. The van der Waals surface area contributed by atoms with E-state index in [2.05, 4.69) is 10.3 Å². The lowest BCUT2D eigenvalue weighted by atomic mass is 9.99. The van der Waals surface area contributed by atoms with Crippen molar-refractivity contribution in [2.75, 3.05) is 7.05 Å². The SMILES string of the molecule is CNC1=C(c2cc(C)ccn2)C(=O)[C@H](c2ccccc2Cl)O1. The average molecular weight is 315 g/mol. The molecule has 5 heteroatoms. The standard InChI is InChI=1S/C17H15ClN2O2/c1-10-7-8-20-13(9-10)14-15(21)16(22-17(14)19-2)11-5-3-4-6-12(11)18/h3-9,16,19H,1-2H3/t16-/m0/s1. The van der Waals surface area contributed by atoms with Crippen LogP contribution in [0.1, 0.15) is 22.9 Å². The first-order valence-electron chi connectivity index (χ1n) is 6.92. The first-order chi connectivity index (χ1) is 10.6. The number of aromatic nitrogens is 1. The van der Waals surface area contributed by atoms with Gasteiger partial charge in [-0.15, -0.1) is 0 Å². The van der Waals surface area contributed by atoms with Crippen LogP contribution in [0.5, 0.6) is 0 Å². The van der Waals surface area contributed by atoms with Gasteiger partial charge >= 0.3 is 0 Å². The molecule has 3 rings (SSSR count). The van der Waals surface area contributed by atoms with Gasteiger partial charge in [0.15, 0.2) is 6.10 Å². The third-order valence-corrected chi connectivity index (χ3v) is 3.88. The van der Waals surface area contributed by atoms with Crippen molar-refractivity contribution in [1.82, 2.24) is 10.3 Å². The lowest BCUT2D eigenvalue weighted by Crippen LogP contribution is -2.11. The normalized spacial score (nSPS) is 17.6. The Morgan fingerprint density at radius 1 is 1.27 bits per heavy atom. The van der Waals surface area contributed by atoms with Gasteiger partial charge in [0.05, 0.1) is 5.69 Å². The van der Waals surface area contributed by atoms with Crippen LogP contribution in [0.2, 0.25) is 5.02 Å². The van der Waals surface area contributed by atoms with Crippen LogP contribution in [0.25, 0.3) is 5.57 Å². The maximum absolute atomic E-state index is 12.8. The Labute approximate surface area is 133 Å². The molecular formula is C17H15ClN2O2. The molecule has 0 aliphatic carbocycles. The van der Waals surface area contributed by atoms with Gasteiger partial charge in [0.1, 0.15) is 5.57 Å². The molecule has 112 valence electrons. The summed E-state index contributed by atoms with van der Waals surface area (Å²) >= 11 is 6.19. The molecule has 22 heavy (non-hydrogen) atoms. The summed E-state index contributed by atoms with van der Waals surface area (Å²) in [7, 11) is 1.72. The molecule has 1 N–H and O–H groups in total. The Morgan fingerprint density at radius 3 is 2.73 bits per heavy atom. The number of carbonyl (C=O) groups is 1. The fraction of sp³-hybridized carbons (Fsp3) is 0.176. The minimum atomic E-state index is -0.742. The molecule has 1 aliphatic heterocycles. The zero-order valence-corrected chi connectivity index (χ0v) is 13.0. The number of aryl methyl sites for hydroxylation is 1. The van der Waals surface area contributed by atoms with Crippen molar-refractivity contribution >= 4 is 23.0 Å². The van der Waals surface area contributed by atoms with Crippen molar-refractivity contribution in [3.63, 3.8) is 0 Å². The molecule has 0 radical (unpaired) electrons. The zero-order valence-electron chi connectivity index (χ0n) is 12.3. The van der Waals surface area contributed by atoms with Crippen LogP contribution >= 0.6 is 11.6 Å². The van der Waals surface area contributed by atoms with E-state index in [4.69, 9.17) is 16.3 Å². The lowest BCUT2D eigenvalue weighted by molar-refractivity contribution is -0.120. The van der Waals surface area contributed by atoms with Crippen LogP contribution in [-0.4, -0.2) is 17.8 Å². The van der Waals surface area contributed by atoms with Gasteiger partial charge in [0, 0.05) is 23.8 Å². The van der Waals surface area contributed by atoms with Gasteiger partial charge < -0.3 is 10.1 Å². The minimum absolute atomic E-state index is 0.143. The van der Waals surface area contributed by atoms with E-state index in [1.54, 1.807) is 25.4 Å². The molecule has 0 bridgehead atoms. The number of benzene rings is 1. The average Bonchev–Trinajstić information content (AvgIpc) is 2.84. The molecule has 1 aromatic carbocycles. The van der Waals surface area contributed by atoms with E-state index in [0.29, 0.717) is 27.7 Å². The van der Waals surface area contributed by atoms with E-state index < -0.39 is 6.10 Å². The van der Waals surface area contributed by atoms with Gasteiger partial charge in [-0.25, -0.2) is 0 Å². The second-order valence-corrected chi connectivity index (χ2v) is 5.46. The highest BCUT2D eigenvalue weighted by Gasteiger charge is 2.38. The number of hydrogen-bond acceptors (Lipinski definition) is 4. The smallest absolute Gasteiger partial charge is 0.215 e. The van der Waals surface area contributed by atoms with Gasteiger partial charge in [0.2, 0.25) is 11.7 Å². The van der Waals surface area contributed by atoms with E-state index >= 15 is 0 Å².